The van der Waals surface area contributed by atoms with Gasteiger partial charge in [0.15, 0.2) is 0 Å². The molecule has 6 nitrogen and oxygen atoms in total. The number of carbonyl (C=O) groups excluding carboxylic acids is 1. The lowest BCUT2D eigenvalue weighted by molar-refractivity contribution is -0.137. The van der Waals surface area contributed by atoms with Gasteiger partial charge in [-0.1, -0.05) is 12.1 Å². The Morgan fingerprint density at radius 2 is 2.15 bits per heavy atom. The molecule has 20 heavy (non-hydrogen) atoms. The lowest BCUT2D eigenvalue weighted by atomic mass is 10.1. The number of para-hydroxylation sites is 2. The fourth-order valence-electron chi connectivity index (χ4n) is 2.29. The van der Waals surface area contributed by atoms with E-state index in [1.165, 1.54) is 4.90 Å². The standard InChI is InChI=1S/C14H18N2O4/c15-11-5-1-2-6-12(11)16(9-14(18)19)13(17)8-10-4-3-7-20-10/h1-2,5-6,10H,3-4,7-9,15H2,(H,18,19). The third-order valence-corrected chi connectivity index (χ3v) is 3.25. The van der Waals surface area contributed by atoms with Crippen LogP contribution in [-0.2, 0) is 14.3 Å². The Morgan fingerprint density at radius 1 is 1.40 bits per heavy atom. The molecule has 1 fully saturated rings. The summed E-state index contributed by atoms with van der Waals surface area (Å²) >= 11 is 0. The van der Waals surface area contributed by atoms with Crippen molar-refractivity contribution in [2.75, 3.05) is 23.8 Å². The van der Waals surface area contributed by atoms with Crippen LogP contribution in [0.4, 0.5) is 11.4 Å². The van der Waals surface area contributed by atoms with Gasteiger partial charge in [0.05, 0.1) is 23.9 Å². The average Bonchev–Trinajstić information content (AvgIpc) is 2.89. The molecule has 1 unspecified atom stereocenters. The van der Waals surface area contributed by atoms with Gasteiger partial charge in [0.25, 0.3) is 0 Å². The van der Waals surface area contributed by atoms with Crippen LogP contribution in [0.1, 0.15) is 19.3 Å². The average molecular weight is 278 g/mol. The second kappa shape index (κ2) is 6.38. The number of hydrogen-bond donors (Lipinski definition) is 2. The Kier molecular flexibility index (Phi) is 4.57. The maximum absolute atomic E-state index is 12.3. The summed E-state index contributed by atoms with van der Waals surface area (Å²) in [7, 11) is 0. The van der Waals surface area contributed by atoms with Crippen molar-refractivity contribution in [1.29, 1.82) is 0 Å². The minimum absolute atomic E-state index is 0.122. The van der Waals surface area contributed by atoms with Crippen molar-refractivity contribution >= 4 is 23.3 Å². The highest BCUT2D eigenvalue weighted by Crippen LogP contribution is 2.25. The molecule has 3 N–H and O–H groups in total. The number of nitrogens with two attached hydrogens (primary N) is 1. The lowest BCUT2D eigenvalue weighted by Crippen LogP contribution is -2.37. The molecule has 1 saturated heterocycles. The van der Waals surface area contributed by atoms with Crippen LogP contribution >= 0.6 is 0 Å². The number of anilines is 2. The number of amides is 1. The number of hydrogen-bond acceptors (Lipinski definition) is 4. The summed E-state index contributed by atoms with van der Waals surface area (Å²) in [6.07, 6.45) is 1.83. The summed E-state index contributed by atoms with van der Waals surface area (Å²) in [4.78, 5) is 24.5. The summed E-state index contributed by atoms with van der Waals surface area (Å²) < 4.78 is 5.42. The van der Waals surface area contributed by atoms with Crippen LogP contribution in [-0.4, -0.2) is 36.2 Å². The molecule has 1 amide bonds. The monoisotopic (exact) mass is 278 g/mol. The van der Waals surface area contributed by atoms with E-state index in [0.29, 0.717) is 18.0 Å². The first kappa shape index (κ1) is 14.3. The number of ether oxygens (including phenoxy) is 1. The van der Waals surface area contributed by atoms with Crippen molar-refractivity contribution in [3.8, 4) is 0 Å². The molecular formula is C14H18N2O4. The van der Waals surface area contributed by atoms with E-state index in [9.17, 15) is 9.59 Å². The molecule has 0 aromatic heterocycles. The van der Waals surface area contributed by atoms with Crippen molar-refractivity contribution in [3.63, 3.8) is 0 Å². The minimum Gasteiger partial charge on any atom is -0.480 e. The molecule has 0 saturated carbocycles. The van der Waals surface area contributed by atoms with Crippen molar-refractivity contribution in [1.82, 2.24) is 0 Å². The predicted molar refractivity (Wildman–Crippen MR) is 74.4 cm³/mol. The smallest absolute Gasteiger partial charge is 0.323 e. The number of nitrogen functional groups attached to an aromatic ring is 1. The second-order valence-corrected chi connectivity index (χ2v) is 4.77. The number of nitrogens with zero attached hydrogens (tertiary/aromatic N) is 1. The zero-order valence-electron chi connectivity index (χ0n) is 11.1. The third-order valence-electron chi connectivity index (χ3n) is 3.25. The molecule has 108 valence electrons. The number of aliphatic carboxylic acids is 1. The summed E-state index contributed by atoms with van der Waals surface area (Å²) in [5.74, 6) is -1.36. The van der Waals surface area contributed by atoms with Crippen LogP contribution in [0.25, 0.3) is 0 Å². The van der Waals surface area contributed by atoms with Gasteiger partial charge in [-0.15, -0.1) is 0 Å². The first-order valence-corrected chi connectivity index (χ1v) is 6.56. The lowest BCUT2D eigenvalue weighted by Gasteiger charge is -2.23. The highest BCUT2D eigenvalue weighted by molar-refractivity contribution is 6.00. The van der Waals surface area contributed by atoms with Gasteiger partial charge in [0.1, 0.15) is 6.54 Å². The zero-order valence-corrected chi connectivity index (χ0v) is 11.1. The van der Waals surface area contributed by atoms with Crippen molar-refractivity contribution in [2.45, 2.75) is 25.4 Å². The third kappa shape index (κ3) is 3.48. The van der Waals surface area contributed by atoms with E-state index in [2.05, 4.69) is 0 Å². The van der Waals surface area contributed by atoms with Gasteiger partial charge in [-0.3, -0.25) is 14.5 Å². The van der Waals surface area contributed by atoms with E-state index in [0.717, 1.165) is 12.8 Å². The second-order valence-electron chi connectivity index (χ2n) is 4.77. The molecule has 2 rings (SSSR count). The van der Waals surface area contributed by atoms with E-state index in [-0.39, 0.29) is 18.4 Å². The number of rotatable bonds is 5. The summed E-state index contributed by atoms with van der Waals surface area (Å²) in [6.45, 7) is 0.254. The fourth-order valence-corrected chi connectivity index (χ4v) is 2.29. The number of carboxylic acids is 1. The molecule has 1 aliphatic rings. The molecule has 0 aliphatic carbocycles. The Labute approximate surface area is 117 Å². The van der Waals surface area contributed by atoms with Crippen molar-refractivity contribution in [3.05, 3.63) is 24.3 Å². The predicted octanol–water partition coefficient (Wildman–Crippen LogP) is 1.26. The van der Waals surface area contributed by atoms with Gasteiger partial charge in [-0.05, 0) is 25.0 Å². The maximum atomic E-state index is 12.3. The number of benzene rings is 1. The van der Waals surface area contributed by atoms with Crippen molar-refractivity contribution in [2.24, 2.45) is 0 Å². The van der Waals surface area contributed by atoms with E-state index in [4.69, 9.17) is 15.6 Å². The molecule has 0 spiro atoms. The molecule has 6 heteroatoms. The van der Waals surface area contributed by atoms with E-state index < -0.39 is 12.5 Å². The quantitative estimate of drug-likeness (QED) is 0.791. The first-order chi connectivity index (χ1) is 9.58. The number of carboxylic acid groups (broad SMARTS) is 1. The topological polar surface area (TPSA) is 92.9 Å². The maximum Gasteiger partial charge on any atom is 0.323 e. The minimum atomic E-state index is -1.08. The van der Waals surface area contributed by atoms with E-state index in [1.54, 1.807) is 24.3 Å². The highest BCUT2D eigenvalue weighted by Gasteiger charge is 2.25. The largest absolute Gasteiger partial charge is 0.480 e. The normalized spacial score (nSPS) is 17.9. The van der Waals surface area contributed by atoms with Gasteiger partial charge in [-0.25, -0.2) is 0 Å². The Morgan fingerprint density at radius 3 is 2.75 bits per heavy atom. The molecule has 1 aliphatic heterocycles. The SMILES string of the molecule is Nc1ccccc1N(CC(=O)O)C(=O)CC1CCCO1. The number of carbonyl (C=O) groups is 2. The summed E-state index contributed by atoms with van der Waals surface area (Å²) in [5, 5.41) is 8.98. The molecule has 0 radical (unpaired) electrons. The fraction of sp³-hybridized carbons (Fsp3) is 0.429. The van der Waals surface area contributed by atoms with Crippen LogP contribution < -0.4 is 10.6 Å². The summed E-state index contributed by atoms with van der Waals surface area (Å²) in [5.41, 5.74) is 6.64. The summed E-state index contributed by atoms with van der Waals surface area (Å²) in [6, 6.07) is 6.75. The molecule has 1 aromatic carbocycles. The van der Waals surface area contributed by atoms with Gasteiger partial charge in [0.2, 0.25) is 5.91 Å². The molecule has 0 bridgehead atoms. The zero-order chi connectivity index (χ0) is 14.5. The van der Waals surface area contributed by atoms with Crippen LogP contribution in [0.15, 0.2) is 24.3 Å². The molecule has 1 aromatic rings. The molecular weight excluding hydrogens is 260 g/mol. The Bertz CT molecular complexity index is 498. The van der Waals surface area contributed by atoms with Crippen LogP contribution in [0.3, 0.4) is 0 Å². The first-order valence-electron chi connectivity index (χ1n) is 6.56. The van der Waals surface area contributed by atoms with Gasteiger partial charge in [-0.2, -0.15) is 0 Å². The van der Waals surface area contributed by atoms with Crippen LogP contribution in [0, 0.1) is 0 Å². The van der Waals surface area contributed by atoms with Crippen molar-refractivity contribution < 1.29 is 19.4 Å². The highest BCUT2D eigenvalue weighted by atomic mass is 16.5. The van der Waals surface area contributed by atoms with Gasteiger partial charge >= 0.3 is 5.97 Å². The van der Waals surface area contributed by atoms with E-state index >= 15 is 0 Å². The Balaban J connectivity index is 2.16. The van der Waals surface area contributed by atoms with E-state index in [1.807, 2.05) is 0 Å². The van der Waals surface area contributed by atoms with Gasteiger partial charge in [0, 0.05) is 6.61 Å². The van der Waals surface area contributed by atoms with Crippen LogP contribution in [0.2, 0.25) is 0 Å². The molecule has 1 atom stereocenters. The molecule has 1 heterocycles. The van der Waals surface area contributed by atoms with Gasteiger partial charge < -0.3 is 15.6 Å². The van der Waals surface area contributed by atoms with Crippen LogP contribution in [0.5, 0.6) is 0 Å². The Hall–Kier alpha value is -2.08.